The molecule has 7 nitrogen and oxygen atoms in total. The number of methoxy groups -OCH3 is 1. The van der Waals surface area contributed by atoms with Crippen LogP contribution in [0.15, 0.2) is 54.6 Å². The van der Waals surface area contributed by atoms with Crippen molar-refractivity contribution in [2.75, 3.05) is 43.5 Å². The molecule has 4 rings (SSSR count). The van der Waals surface area contributed by atoms with E-state index in [2.05, 4.69) is 15.3 Å². The lowest BCUT2D eigenvalue weighted by Crippen LogP contribution is -2.49. The highest BCUT2D eigenvalue weighted by molar-refractivity contribution is 5.94. The van der Waals surface area contributed by atoms with Crippen LogP contribution >= 0.6 is 0 Å². The van der Waals surface area contributed by atoms with Crippen LogP contribution in [0.5, 0.6) is 5.75 Å². The van der Waals surface area contributed by atoms with Gasteiger partial charge in [0.25, 0.3) is 5.91 Å². The van der Waals surface area contributed by atoms with Gasteiger partial charge in [0.15, 0.2) is 0 Å². The summed E-state index contributed by atoms with van der Waals surface area (Å²) >= 11 is 0. The van der Waals surface area contributed by atoms with E-state index in [0.29, 0.717) is 37.9 Å². The first kappa shape index (κ1) is 23.3. The Hall–Kier alpha value is -3.82. The fraction of sp³-hybridized carbons (Fsp3) is 0.292. The third-order valence-corrected chi connectivity index (χ3v) is 5.49. The number of aryl methyl sites for hydroxylation is 1. The van der Waals surface area contributed by atoms with Gasteiger partial charge < -0.3 is 19.9 Å². The minimum atomic E-state index is -4.49. The molecule has 178 valence electrons. The quantitative estimate of drug-likeness (QED) is 0.590. The topological polar surface area (TPSA) is 70.6 Å². The number of piperazine rings is 1. The van der Waals surface area contributed by atoms with Crippen LogP contribution in [0.1, 0.15) is 21.6 Å². The molecule has 1 aliphatic rings. The van der Waals surface area contributed by atoms with Crippen LogP contribution in [0, 0.1) is 6.92 Å². The summed E-state index contributed by atoms with van der Waals surface area (Å²) in [6, 6.07) is 13.8. The molecule has 1 saturated heterocycles. The molecule has 2 heterocycles. The monoisotopic (exact) mass is 471 g/mol. The predicted molar refractivity (Wildman–Crippen MR) is 123 cm³/mol. The van der Waals surface area contributed by atoms with Crippen molar-refractivity contribution in [1.29, 1.82) is 0 Å². The third kappa shape index (κ3) is 5.38. The van der Waals surface area contributed by atoms with Crippen molar-refractivity contribution in [2.24, 2.45) is 0 Å². The Labute approximate surface area is 195 Å². The number of hydrogen-bond acceptors (Lipinski definition) is 6. The van der Waals surface area contributed by atoms with Crippen LogP contribution in [0.2, 0.25) is 0 Å². The van der Waals surface area contributed by atoms with Gasteiger partial charge in [-0.15, -0.1) is 0 Å². The smallest absolute Gasteiger partial charge is 0.416 e. The number of rotatable bonds is 5. The highest BCUT2D eigenvalue weighted by atomic mass is 19.4. The standard InChI is InChI=1S/C24H24F3N5O2/c1-16-14-21(29-19-6-8-20(34-2)9-7-19)30-23(28-16)32-12-10-31(11-13-32)22(33)17-4-3-5-18(15-17)24(25,26)27/h3-9,14-15H,10-13H2,1-2H3,(H,28,29,30). The van der Waals surface area contributed by atoms with Crippen molar-refractivity contribution in [1.82, 2.24) is 14.9 Å². The number of benzene rings is 2. The summed E-state index contributed by atoms with van der Waals surface area (Å²) in [5.74, 6) is 1.50. The van der Waals surface area contributed by atoms with E-state index in [1.807, 2.05) is 42.2 Å². The number of aromatic nitrogens is 2. The van der Waals surface area contributed by atoms with Gasteiger partial charge in [-0.05, 0) is 49.4 Å². The lowest BCUT2D eigenvalue weighted by Gasteiger charge is -2.35. The second-order valence-electron chi connectivity index (χ2n) is 7.91. The maximum atomic E-state index is 13.0. The molecule has 1 amide bonds. The maximum Gasteiger partial charge on any atom is 0.416 e. The number of ether oxygens (including phenoxy) is 1. The first-order chi connectivity index (χ1) is 16.2. The average molecular weight is 471 g/mol. The van der Waals surface area contributed by atoms with E-state index in [0.717, 1.165) is 29.3 Å². The van der Waals surface area contributed by atoms with E-state index in [-0.39, 0.29) is 5.56 Å². The number of amides is 1. The van der Waals surface area contributed by atoms with Crippen molar-refractivity contribution in [2.45, 2.75) is 13.1 Å². The maximum absolute atomic E-state index is 13.0. The van der Waals surface area contributed by atoms with Gasteiger partial charge >= 0.3 is 6.18 Å². The molecule has 34 heavy (non-hydrogen) atoms. The van der Waals surface area contributed by atoms with Crippen molar-refractivity contribution in [3.63, 3.8) is 0 Å². The first-order valence-corrected chi connectivity index (χ1v) is 10.7. The number of nitrogens with one attached hydrogen (secondary N) is 1. The zero-order chi connectivity index (χ0) is 24.3. The Kier molecular flexibility index (Phi) is 6.58. The number of carbonyl (C=O) groups is 1. The van der Waals surface area contributed by atoms with Crippen LogP contribution in [0.3, 0.4) is 0 Å². The fourth-order valence-corrected chi connectivity index (χ4v) is 3.70. The van der Waals surface area contributed by atoms with E-state index in [4.69, 9.17) is 4.74 Å². The predicted octanol–water partition coefficient (Wildman–Crippen LogP) is 4.52. The molecule has 0 bridgehead atoms. The summed E-state index contributed by atoms with van der Waals surface area (Å²) in [5.41, 5.74) is 0.827. The zero-order valence-electron chi connectivity index (χ0n) is 18.8. The minimum Gasteiger partial charge on any atom is -0.497 e. The van der Waals surface area contributed by atoms with Gasteiger partial charge in [-0.3, -0.25) is 4.79 Å². The highest BCUT2D eigenvalue weighted by Gasteiger charge is 2.32. The van der Waals surface area contributed by atoms with Crippen LogP contribution in [-0.4, -0.2) is 54.1 Å². The molecule has 1 fully saturated rings. The zero-order valence-corrected chi connectivity index (χ0v) is 18.8. The Morgan fingerprint density at radius 3 is 2.35 bits per heavy atom. The van der Waals surface area contributed by atoms with Crippen molar-refractivity contribution in [3.8, 4) is 5.75 Å². The summed E-state index contributed by atoms with van der Waals surface area (Å²) in [6.07, 6.45) is -4.49. The molecular weight excluding hydrogens is 447 g/mol. The molecule has 0 radical (unpaired) electrons. The molecule has 0 saturated carbocycles. The van der Waals surface area contributed by atoms with Gasteiger partial charge in [-0.25, -0.2) is 4.98 Å². The molecule has 0 unspecified atom stereocenters. The highest BCUT2D eigenvalue weighted by Crippen LogP contribution is 2.30. The first-order valence-electron chi connectivity index (χ1n) is 10.7. The SMILES string of the molecule is COc1ccc(Nc2cc(C)nc(N3CCN(C(=O)c4cccc(C(F)(F)F)c4)CC3)n2)cc1. The average Bonchev–Trinajstić information content (AvgIpc) is 2.83. The van der Waals surface area contributed by atoms with Crippen molar-refractivity contribution >= 4 is 23.4 Å². The minimum absolute atomic E-state index is 0.0288. The number of anilines is 3. The van der Waals surface area contributed by atoms with E-state index >= 15 is 0 Å². The Bertz CT molecular complexity index is 1160. The van der Waals surface area contributed by atoms with Gasteiger partial charge in [0.1, 0.15) is 11.6 Å². The number of nitrogens with zero attached hydrogens (tertiary/aromatic N) is 4. The number of halogens is 3. The Morgan fingerprint density at radius 2 is 1.71 bits per heavy atom. The summed E-state index contributed by atoms with van der Waals surface area (Å²) in [4.78, 5) is 25.4. The van der Waals surface area contributed by atoms with Crippen LogP contribution < -0.4 is 15.0 Å². The third-order valence-electron chi connectivity index (χ3n) is 5.49. The van der Waals surface area contributed by atoms with E-state index in [9.17, 15) is 18.0 Å². The summed E-state index contributed by atoms with van der Waals surface area (Å²) in [7, 11) is 1.61. The summed E-state index contributed by atoms with van der Waals surface area (Å²) < 4.78 is 44.2. The molecule has 2 aromatic carbocycles. The number of hydrogen-bond donors (Lipinski definition) is 1. The van der Waals surface area contributed by atoms with Crippen LogP contribution in [0.25, 0.3) is 0 Å². The van der Waals surface area contributed by atoms with Gasteiger partial charge in [0, 0.05) is 49.2 Å². The molecule has 3 aromatic rings. The molecular formula is C24H24F3N5O2. The van der Waals surface area contributed by atoms with E-state index in [1.165, 1.54) is 12.1 Å². The van der Waals surface area contributed by atoms with Crippen LogP contribution in [-0.2, 0) is 6.18 Å². The molecule has 0 aliphatic carbocycles. The van der Waals surface area contributed by atoms with Gasteiger partial charge in [-0.2, -0.15) is 18.2 Å². The number of carbonyl (C=O) groups excluding carboxylic acids is 1. The lowest BCUT2D eigenvalue weighted by atomic mass is 10.1. The molecule has 0 spiro atoms. The van der Waals surface area contributed by atoms with E-state index < -0.39 is 17.6 Å². The summed E-state index contributed by atoms with van der Waals surface area (Å²) in [6.45, 7) is 3.52. The number of alkyl halides is 3. The largest absolute Gasteiger partial charge is 0.497 e. The second kappa shape index (κ2) is 9.58. The summed E-state index contributed by atoms with van der Waals surface area (Å²) in [5, 5.41) is 3.25. The van der Waals surface area contributed by atoms with Gasteiger partial charge in [0.2, 0.25) is 5.95 Å². The Balaban J connectivity index is 1.42. The normalized spacial score (nSPS) is 14.1. The van der Waals surface area contributed by atoms with Gasteiger partial charge in [-0.1, -0.05) is 6.07 Å². The molecule has 1 N–H and O–H groups in total. The molecule has 0 atom stereocenters. The Morgan fingerprint density at radius 1 is 1.00 bits per heavy atom. The van der Waals surface area contributed by atoms with Crippen molar-refractivity contribution in [3.05, 3.63) is 71.4 Å². The molecule has 10 heteroatoms. The van der Waals surface area contributed by atoms with Crippen LogP contribution in [0.4, 0.5) is 30.6 Å². The molecule has 1 aliphatic heterocycles. The fourth-order valence-electron chi connectivity index (χ4n) is 3.70. The second-order valence-corrected chi connectivity index (χ2v) is 7.91. The van der Waals surface area contributed by atoms with Gasteiger partial charge in [0.05, 0.1) is 12.7 Å². The van der Waals surface area contributed by atoms with E-state index in [1.54, 1.807) is 12.0 Å². The van der Waals surface area contributed by atoms with Crippen molar-refractivity contribution < 1.29 is 22.7 Å². The molecule has 1 aromatic heterocycles. The lowest BCUT2D eigenvalue weighted by molar-refractivity contribution is -0.137.